The van der Waals surface area contributed by atoms with Crippen LogP contribution in [0, 0.1) is 0 Å². The van der Waals surface area contributed by atoms with Crippen LogP contribution in [0.25, 0.3) is 22.6 Å². The Bertz CT molecular complexity index is 1230. The van der Waals surface area contributed by atoms with Crippen molar-refractivity contribution in [1.82, 2.24) is 24.9 Å². The second kappa shape index (κ2) is 6.20. The van der Waals surface area contributed by atoms with Gasteiger partial charge in [0.25, 0.3) is 0 Å². The number of oxazole rings is 1. The predicted molar refractivity (Wildman–Crippen MR) is 88.4 cm³/mol. The highest BCUT2D eigenvalue weighted by atomic mass is 32.2. The zero-order chi connectivity index (χ0) is 18.1. The topological polar surface area (TPSA) is 144 Å². The number of fused-ring (bicyclic) bond motifs is 1. The molecule has 0 radical (unpaired) electrons. The number of aromatic amines is 1. The van der Waals surface area contributed by atoms with E-state index in [2.05, 4.69) is 24.9 Å². The molecule has 3 heterocycles. The Kier molecular flexibility index (Phi) is 3.86. The van der Waals surface area contributed by atoms with Crippen LogP contribution < -0.4 is 10.5 Å². The zero-order valence-corrected chi connectivity index (χ0v) is 13.9. The molecule has 10 nitrogen and oxygen atoms in total. The van der Waals surface area contributed by atoms with Gasteiger partial charge in [-0.25, -0.2) is 17.9 Å². The summed E-state index contributed by atoms with van der Waals surface area (Å²) in [5.41, 5.74) is 1.18. The summed E-state index contributed by atoms with van der Waals surface area (Å²) in [6.45, 7) is -0.190. The lowest BCUT2D eigenvalue weighted by Gasteiger charge is -2.04. The van der Waals surface area contributed by atoms with E-state index in [1.54, 1.807) is 24.5 Å². The molecule has 0 aliphatic rings. The molecule has 0 saturated heterocycles. The molecule has 0 unspecified atom stereocenters. The smallest absolute Gasteiger partial charge is 0.417 e. The maximum Gasteiger partial charge on any atom is 0.417 e. The van der Waals surface area contributed by atoms with Crippen molar-refractivity contribution in [2.45, 2.75) is 11.4 Å². The lowest BCUT2D eigenvalue weighted by molar-refractivity contribution is 0.494. The number of sulfonamides is 1. The molecule has 26 heavy (non-hydrogen) atoms. The van der Waals surface area contributed by atoms with Crippen molar-refractivity contribution in [1.29, 1.82) is 0 Å². The minimum Gasteiger partial charge on any atom is -0.419 e. The van der Waals surface area contributed by atoms with Gasteiger partial charge in [0.15, 0.2) is 5.58 Å². The van der Waals surface area contributed by atoms with Crippen molar-refractivity contribution in [3.63, 3.8) is 0 Å². The van der Waals surface area contributed by atoms with Gasteiger partial charge in [-0.1, -0.05) is 0 Å². The first-order valence-corrected chi connectivity index (χ1v) is 8.85. The lowest BCUT2D eigenvalue weighted by atomic mass is 10.3. The Balaban J connectivity index is 1.52. The fourth-order valence-electron chi connectivity index (χ4n) is 2.26. The first kappa shape index (κ1) is 16.2. The van der Waals surface area contributed by atoms with Crippen LogP contribution in [0.1, 0.15) is 5.89 Å². The molecule has 0 saturated carbocycles. The van der Waals surface area contributed by atoms with Gasteiger partial charge in [-0.2, -0.15) is 0 Å². The van der Waals surface area contributed by atoms with Gasteiger partial charge in [0.1, 0.15) is 0 Å². The Hall–Kier alpha value is -3.31. The Labute approximate surface area is 146 Å². The van der Waals surface area contributed by atoms with Gasteiger partial charge in [-0.15, -0.1) is 10.2 Å². The summed E-state index contributed by atoms with van der Waals surface area (Å²) in [6, 6.07) is 7.52. The minimum absolute atomic E-state index is 0.0558. The minimum atomic E-state index is -3.86. The number of hydrogen-bond acceptors (Lipinski definition) is 8. The third kappa shape index (κ3) is 3.12. The standard InChI is InChI=1S/C15H11N5O5S/c21-15-18-11-4-3-10(6-12(11)24-15)26(22,23)17-8-13-19-20-14(25-13)9-2-1-5-16-7-9/h1-7,17H,8H2,(H,18,21). The van der Waals surface area contributed by atoms with Crippen LogP contribution in [0.4, 0.5) is 0 Å². The van der Waals surface area contributed by atoms with E-state index in [4.69, 9.17) is 8.83 Å². The van der Waals surface area contributed by atoms with E-state index in [0.717, 1.165) is 0 Å². The van der Waals surface area contributed by atoms with Gasteiger partial charge >= 0.3 is 5.76 Å². The summed E-state index contributed by atoms with van der Waals surface area (Å²) in [5.74, 6) is -0.319. The molecule has 0 aliphatic carbocycles. The average molecular weight is 373 g/mol. The fraction of sp³-hybridized carbons (Fsp3) is 0.0667. The van der Waals surface area contributed by atoms with E-state index in [-0.39, 0.29) is 28.8 Å². The number of nitrogens with zero attached hydrogens (tertiary/aromatic N) is 3. The quantitative estimate of drug-likeness (QED) is 0.528. The number of nitrogens with one attached hydrogen (secondary N) is 2. The number of hydrogen-bond donors (Lipinski definition) is 2. The van der Waals surface area contributed by atoms with E-state index in [1.807, 2.05) is 0 Å². The van der Waals surface area contributed by atoms with E-state index in [0.29, 0.717) is 11.1 Å². The van der Waals surface area contributed by atoms with Gasteiger partial charge in [-0.05, 0) is 24.3 Å². The first-order valence-electron chi connectivity index (χ1n) is 7.36. The van der Waals surface area contributed by atoms with Crippen molar-refractivity contribution < 1.29 is 17.3 Å². The molecule has 0 aliphatic heterocycles. The average Bonchev–Trinajstić information content (AvgIpc) is 3.25. The fourth-order valence-corrected chi connectivity index (χ4v) is 3.25. The van der Waals surface area contributed by atoms with Gasteiger partial charge in [0.2, 0.25) is 21.8 Å². The number of rotatable bonds is 5. The van der Waals surface area contributed by atoms with Crippen LogP contribution in [0.5, 0.6) is 0 Å². The van der Waals surface area contributed by atoms with Gasteiger partial charge in [0, 0.05) is 18.5 Å². The van der Waals surface area contributed by atoms with Gasteiger partial charge < -0.3 is 8.83 Å². The van der Waals surface area contributed by atoms with Crippen molar-refractivity contribution >= 4 is 21.1 Å². The van der Waals surface area contributed by atoms with Crippen molar-refractivity contribution in [2.24, 2.45) is 0 Å². The number of aromatic nitrogens is 4. The summed E-state index contributed by atoms with van der Waals surface area (Å²) >= 11 is 0. The Morgan fingerprint density at radius 3 is 2.85 bits per heavy atom. The van der Waals surface area contributed by atoms with Crippen molar-refractivity contribution in [2.75, 3.05) is 0 Å². The highest BCUT2D eigenvalue weighted by molar-refractivity contribution is 7.89. The van der Waals surface area contributed by atoms with Crippen molar-refractivity contribution in [3.05, 3.63) is 59.2 Å². The van der Waals surface area contributed by atoms with Crippen LogP contribution in [0.2, 0.25) is 0 Å². The summed E-state index contributed by atoms with van der Waals surface area (Å²) in [4.78, 5) is 17.5. The summed E-state index contributed by atoms with van der Waals surface area (Å²) in [7, 11) is -3.86. The molecular weight excluding hydrogens is 362 g/mol. The van der Waals surface area contributed by atoms with E-state index < -0.39 is 15.8 Å². The SMILES string of the molecule is O=c1[nH]c2ccc(S(=O)(=O)NCc3nnc(-c4cccnc4)o3)cc2o1. The van der Waals surface area contributed by atoms with Gasteiger partial charge in [-0.3, -0.25) is 9.97 Å². The largest absolute Gasteiger partial charge is 0.419 e. The maximum absolute atomic E-state index is 12.4. The molecule has 2 N–H and O–H groups in total. The predicted octanol–water partition coefficient (Wildman–Crippen LogP) is 1.04. The highest BCUT2D eigenvalue weighted by Crippen LogP contribution is 2.18. The Morgan fingerprint density at radius 1 is 1.15 bits per heavy atom. The molecule has 4 aromatic rings. The molecule has 0 atom stereocenters. The van der Waals surface area contributed by atoms with E-state index >= 15 is 0 Å². The molecule has 1 aromatic carbocycles. The van der Waals surface area contributed by atoms with E-state index in [9.17, 15) is 13.2 Å². The summed E-state index contributed by atoms with van der Waals surface area (Å²) in [6.07, 6.45) is 3.17. The molecule has 3 aromatic heterocycles. The summed E-state index contributed by atoms with van der Waals surface area (Å²) < 4.78 is 37.4. The Morgan fingerprint density at radius 2 is 2.04 bits per heavy atom. The number of pyridine rings is 1. The normalized spacial score (nSPS) is 11.8. The first-order chi connectivity index (χ1) is 12.5. The lowest BCUT2D eigenvalue weighted by Crippen LogP contribution is -2.23. The van der Waals surface area contributed by atoms with Gasteiger partial charge in [0.05, 0.1) is 22.5 Å². The number of H-pyrrole nitrogens is 1. The third-order valence-electron chi connectivity index (χ3n) is 3.49. The van der Waals surface area contributed by atoms with Crippen LogP contribution in [-0.2, 0) is 16.6 Å². The monoisotopic (exact) mass is 373 g/mol. The molecule has 0 fully saturated rings. The molecule has 4 rings (SSSR count). The molecule has 0 spiro atoms. The second-order valence-electron chi connectivity index (χ2n) is 5.24. The van der Waals surface area contributed by atoms with Crippen LogP contribution in [0.3, 0.4) is 0 Å². The molecule has 0 amide bonds. The summed E-state index contributed by atoms with van der Waals surface area (Å²) in [5, 5.41) is 7.66. The highest BCUT2D eigenvalue weighted by Gasteiger charge is 2.18. The van der Waals surface area contributed by atoms with Crippen LogP contribution >= 0.6 is 0 Å². The molecule has 132 valence electrons. The molecular formula is C15H11N5O5S. The maximum atomic E-state index is 12.4. The van der Waals surface area contributed by atoms with Crippen LogP contribution in [0.15, 0.2) is 61.2 Å². The van der Waals surface area contributed by atoms with Crippen molar-refractivity contribution in [3.8, 4) is 11.5 Å². The van der Waals surface area contributed by atoms with E-state index in [1.165, 1.54) is 18.2 Å². The molecule has 11 heteroatoms. The number of benzene rings is 1. The molecule has 0 bridgehead atoms. The van der Waals surface area contributed by atoms with Crippen LogP contribution in [-0.4, -0.2) is 28.6 Å². The second-order valence-corrected chi connectivity index (χ2v) is 7.01. The third-order valence-corrected chi connectivity index (χ3v) is 4.89. The zero-order valence-electron chi connectivity index (χ0n) is 13.0.